The summed E-state index contributed by atoms with van der Waals surface area (Å²) >= 11 is 0. The van der Waals surface area contributed by atoms with Crippen LogP contribution in [0.3, 0.4) is 0 Å². The Morgan fingerprint density at radius 1 is 1.18 bits per heavy atom. The fraction of sp³-hybridized carbons (Fsp3) is 0.481. The van der Waals surface area contributed by atoms with Gasteiger partial charge in [0.25, 0.3) is 5.91 Å². The number of amides is 1. The molecule has 3 aromatic rings. The highest BCUT2D eigenvalue weighted by Gasteiger charge is 2.29. The fourth-order valence-corrected chi connectivity index (χ4v) is 4.82. The smallest absolute Gasteiger partial charge is 0.387 e. The highest BCUT2D eigenvalue weighted by molar-refractivity contribution is 6.01. The van der Waals surface area contributed by atoms with Crippen molar-refractivity contribution in [1.29, 1.82) is 0 Å². The zero-order valence-electron chi connectivity index (χ0n) is 21.7. The van der Waals surface area contributed by atoms with Crippen LogP contribution in [0.25, 0.3) is 16.9 Å². The molecule has 2 aliphatic rings. The van der Waals surface area contributed by atoms with E-state index in [9.17, 15) is 13.6 Å². The molecule has 1 amide bonds. The molecule has 2 atom stereocenters. The Labute approximate surface area is 219 Å². The molecule has 3 heterocycles. The van der Waals surface area contributed by atoms with Gasteiger partial charge in [0.05, 0.1) is 31.2 Å². The van der Waals surface area contributed by atoms with Crippen LogP contribution in [-0.4, -0.2) is 78.4 Å². The number of morpholine rings is 1. The van der Waals surface area contributed by atoms with E-state index in [-0.39, 0.29) is 35.3 Å². The summed E-state index contributed by atoms with van der Waals surface area (Å²) in [6.07, 6.45) is 5.54. The quantitative estimate of drug-likeness (QED) is 0.424. The Balaban J connectivity index is 1.36. The molecule has 0 radical (unpaired) electrons. The lowest BCUT2D eigenvalue weighted by atomic mass is 10.1. The first kappa shape index (κ1) is 26.2. The molecule has 0 spiro atoms. The Morgan fingerprint density at radius 3 is 2.61 bits per heavy atom. The third kappa shape index (κ3) is 5.99. The lowest BCUT2D eigenvalue weighted by molar-refractivity contribution is -0.0699. The number of fused-ring (bicyclic) bond motifs is 1. The molecule has 204 valence electrons. The average Bonchev–Trinajstić information content (AvgIpc) is 3.57. The minimum atomic E-state index is -3.10. The molecule has 1 aliphatic carbocycles. The van der Waals surface area contributed by atoms with Crippen molar-refractivity contribution in [3.63, 3.8) is 0 Å². The molecular weight excluding hydrogens is 498 g/mol. The van der Waals surface area contributed by atoms with E-state index in [1.807, 2.05) is 16.5 Å². The Bertz CT molecular complexity index is 1290. The third-order valence-electron chi connectivity index (χ3n) is 6.59. The number of imidazole rings is 1. The van der Waals surface area contributed by atoms with Crippen LogP contribution in [0, 0.1) is 0 Å². The number of pyridine rings is 1. The number of halogens is 2. The van der Waals surface area contributed by atoms with Crippen LogP contribution in [0.2, 0.25) is 0 Å². The number of ether oxygens (including phenoxy) is 4. The van der Waals surface area contributed by atoms with Crippen molar-refractivity contribution in [3.8, 4) is 28.5 Å². The molecule has 11 heteroatoms. The summed E-state index contributed by atoms with van der Waals surface area (Å²) in [5, 5.41) is 2.81. The predicted molar refractivity (Wildman–Crippen MR) is 136 cm³/mol. The Kier molecular flexibility index (Phi) is 7.66. The summed E-state index contributed by atoms with van der Waals surface area (Å²) < 4.78 is 50.3. The number of methoxy groups -OCH3 is 1. The molecule has 2 fully saturated rings. The van der Waals surface area contributed by atoms with Crippen molar-refractivity contribution in [1.82, 2.24) is 19.6 Å². The Hall–Kier alpha value is -3.44. The predicted octanol–water partition coefficient (Wildman–Crippen LogP) is 3.99. The van der Waals surface area contributed by atoms with E-state index >= 15 is 0 Å². The number of aromatic nitrogens is 2. The first-order valence-corrected chi connectivity index (χ1v) is 12.8. The van der Waals surface area contributed by atoms with Gasteiger partial charge in [-0.25, -0.2) is 4.98 Å². The maximum absolute atomic E-state index is 13.3. The second-order valence-electron chi connectivity index (χ2n) is 9.78. The lowest BCUT2D eigenvalue weighted by Crippen LogP contribution is -2.46. The van der Waals surface area contributed by atoms with E-state index in [2.05, 4.69) is 29.0 Å². The van der Waals surface area contributed by atoms with Gasteiger partial charge < -0.3 is 24.3 Å². The SMILES string of the molecule is COc1cc(-c2cnc3cc(OCCN4CC(C)OC(C)C4)ccn23)cc(OC(F)F)c1C(=O)NC1CC1. The molecule has 1 N–H and O–H groups in total. The van der Waals surface area contributed by atoms with Gasteiger partial charge in [-0.15, -0.1) is 0 Å². The molecule has 38 heavy (non-hydrogen) atoms. The van der Waals surface area contributed by atoms with E-state index in [1.165, 1.54) is 13.2 Å². The summed E-state index contributed by atoms with van der Waals surface area (Å²) in [4.78, 5) is 19.6. The summed E-state index contributed by atoms with van der Waals surface area (Å²) in [5.74, 6) is 0.0509. The molecule has 9 nitrogen and oxygen atoms in total. The highest BCUT2D eigenvalue weighted by atomic mass is 19.3. The van der Waals surface area contributed by atoms with E-state index in [0.29, 0.717) is 29.3 Å². The molecule has 0 bridgehead atoms. The van der Waals surface area contributed by atoms with Crippen LogP contribution in [0.1, 0.15) is 37.0 Å². The number of carbonyl (C=O) groups is 1. The van der Waals surface area contributed by atoms with Crippen molar-refractivity contribution in [2.75, 3.05) is 33.4 Å². The molecule has 1 aliphatic heterocycles. The van der Waals surface area contributed by atoms with Crippen LogP contribution in [0.4, 0.5) is 8.78 Å². The maximum Gasteiger partial charge on any atom is 0.387 e. The van der Waals surface area contributed by atoms with Gasteiger partial charge in [0, 0.05) is 43.5 Å². The monoisotopic (exact) mass is 530 g/mol. The van der Waals surface area contributed by atoms with Crippen molar-refractivity contribution < 1.29 is 32.5 Å². The first-order chi connectivity index (χ1) is 18.3. The van der Waals surface area contributed by atoms with E-state index in [4.69, 9.17) is 18.9 Å². The first-order valence-electron chi connectivity index (χ1n) is 12.8. The minimum Gasteiger partial charge on any atom is -0.496 e. The fourth-order valence-electron chi connectivity index (χ4n) is 4.82. The van der Waals surface area contributed by atoms with Gasteiger partial charge in [-0.05, 0) is 44.9 Å². The van der Waals surface area contributed by atoms with Crippen molar-refractivity contribution in [2.45, 2.75) is 51.6 Å². The molecule has 5 rings (SSSR count). The van der Waals surface area contributed by atoms with E-state index in [0.717, 1.165) is 32.5 Å². The van der Waals surface area contributed by atoms with Gasteiger partial charge in [-0.3, -0.25) is 14.1 Å². The second-order valence-corrected chi connectivity index (χ2v) is 9.78. The van der Waals surface area contributed by atoms with Crippen molar-refractivity contribution in [3.05, 3.63) is 42.2 Å². The number of benzene rings is 1. The number of alkyl halides is 2. The number of hydrogen-bond donors (Lipinski definition) is 1. The zero-order chi connectivity index (χ0) is 26.8. The van der Waals surface area contributed by atoms with E-state index < -0.39 is 12.5 Å². The largest absolute Gasteiger partial charge is 0.496 e. The number of rotatable bonds is 10. The van der Waals surface area contributed by atoms with Crippen LogP contribution >= 0.6 is 0 Å². The van der Waals surface area contributed by atoms with Gasteiger partial charge in [-0.2, -0.15) is 8.78 Å². The van der Waals surface area contributed by atoms with Crippen LogP contribution in [0.15, 0.2) is 36.7 Å². The molecule has 1 aromatic carbocycles. The van der Waals surface area contributed by atoms with Gasteiger partial charge >= 0.3 is 6.61 Å². The highest BCUT2D eigenvalue weighted by Crippen LogP contribution is 2.37. The average molecular weight is 531 g/mol. The molecule has 1 saturated heterocycles. The van der Waals surface area contributed by atoms with Crippen LogP contribution < -0.4 is 19.5 Å². The summed E-state index contributed by atoms with van der Waals surface area (Å²) in [7, 11) is 1.38. The van der Waals surface area contributed by atoms with Gasteiger partial charge in [0.1, 0.15) is 35.1 Å². The molecule has 2 unspecified atom stereocenters. The van der Waals surface area contributed by atoms with Crippen molar-refractivity contribution >= 4 is 11.6 Å². The second kappa shape index (κ2) is 11.1. The standard InChI is InChI=1S/C27H32F2N4O5/c1-16-14-32(15-17(2)37-16)8-9-36-20-6-7-33-21(13-30-24(33)12-20)18-10-22(35-3)25(23(11-18)38-27(28)29)26(34)31-19-4-5-19/h6-7,10-13,16-17,19,27H,4-5,8-9,14-15H2,1-3H3,(H,31,34). The maximum atomic E-state index is 13.3. The molecular formula is C27H32F2N4O5. The number of nitrogens with one attached hydrogen (secondary N) is 1. The van der Waals surface area contributed by atoms with Crippen molar-refractivity contribution in [2.24, 2.45) is 0 Å². The number of nitrogens with zero attached hydrogens (tertiary/aromatic N) is 3. The zero-order valence-corrected chi connectivity index (χ0v) is 21.7. The lowest BCUT2D eigenvalue weighted by Gasteiger charge is -2.35. The topological polar surface area (TPSA) is 86.6 Å². The van der Waals surface area contributed by atoms with Crippen LogP contribution in [-0.2, 0) is 4.74 Å². The number of carbonyl (C=O) groups excluding carboxylic acids is 1. The summed E-state index contributed by atoms with van der Waals surface area (Å²) in [6, 6.07) is 6.72. The van der Waals surface area contributed by atoms with Gasteiger partial charge in [0.15, 0.2) is 0 Å². The number of hydrogen-bond acceptors (Lipinski definition) is 7. The third-order valence-corrected chi connectivity index (χ3v) is 6.59. The van der Waals surface area contributed by atoms with Gasteiger partial charge in [0.2, 0.25) is 0 Å². The summed E-state index contributed by atoms with van der Waals surface area (Å²) in [6.45, 7) is 4.10. The van der Waals surface area contributed by atoms with Gasteiger partial charge in [-0.1, -0.05) is 0 Å². The summed E-state index contributed by atoms with van der Waals surface area (Å²) in [5.41, 5.74) is 1.69. The van der Waals surface area contributed by atoms with Crippen LogP contribution in [0.5, 0.6) is 17.2 Å². The normalized spacial score (nSPS) is 20.1. The molecule has 2 aromatic heterocycles. The minimum absolute atomic E-state index is 0.0439. The van der Waals surface area contributed by atoms with E-state index in [1.54, 1.807) is 18.5 Å². The Morgan fingerprint density at radius 2 is 1.92 bits per heavy atom. The molecule has 1 saturated carbocycles.